The van der Waals surface area contributed by atoms with Gasteiger partial charge in [-0.2, -0.15) is 0 Å². The Morgan fingerprint density at radius 2 is 1.78 bits per heavy atom. The van der Waals surface area contributed by atoms with Crippen LogP contribution in [0.2, 0.25) is 0 Å². The summed E-state index contributed by atoms with van der Waals surface area (Å²) in [5.41, 5.74) is 1.73. The maximum Gasteiger partial charge on any atom is 0.370 e. The first kappa shape index (κ1) is 12.4. The summed E-state index contributed by atoms with van der Waals surface area (Å²) in [6, 6.07) is 7.38. The molecule has 0 spiro atoms. The molecule has 5 heteroatoms. The standard InChI is InChI=1S/C13H15NO4/c15-12(13(16)17)9-10-1-3-11(4-2-10)14-5-7-18-8-6-14/h1-4,9,15H,5-8H2,(H,16,17)/b12-9-. The van der Waals surface area contributed by atoms with Crippen molar-refractivity contribution in [2.75, 3.05) is 31.2 Å². The summed E-state index contributed by atoms with van der Waals surface area (Å²) in [4.78, 5) is 12.7. The highest BCUT2D eigenvalue weighted by Gasteiger charge is 2.10. The van der Waals surface area contributed by atoms with Gasteiger partial charge in [0.2, 0.25) is 5.76 Å². The van der Waals surface area contributed by atoms with Crippen molar-refractivity contribution in [2.24, 2.45) is 0 Å². The number of benzene rings is 1. The van der Waals surface area contributed by atoms with E-state index in [1.165, 1.54) is 6.08 Å². The van der Waals surface area contributed by atoms with E-state index in [4.69, 9.17) is 14.9 Å². The normalized spacial score (nSPS) is 16.7. The van der Waals surface area contributed by atoms with Gasteiger partial charge in [0.1, 0.15) is 0 Å². The van der Waals surface area contributed by atoms with Crippen molar-refractivity contribution in [1.29, 1.82) is 0 Å². The highest BCUT2D eigenvalue weighted by Crippen LogP contribution is 2.17. The van der Waals surface area contributed by atoms with E-state index in [0.29, 0.717) is 5.56 Å². The Kier molecular flexibility index (Phi) is 3.84. The predicted octanol–water partition coefficient (Wildman–Crippen LogP) is 1.51. The molecule has 2 N–H and O–H groups in total. The number of hydrogen-bond donors (Lipinski definition) is 2. The Bertz CT molecular complexity index is 447. The first-order valence-corrected chi connectivity index (χ1v) is 5.73. The molecule has 1 aromatic rings. The number of rotatable bonds is 3. The molecule has 1 heterocycles. The van der Waals surface area contributed by atoms with Gasteiger partial charge < -0.3 is 19.8 Å². The van der Waals surface area contributed by atoms with Crippen LogP contribution in [-0.4, -0.2) is 42.5 Å². The minimum absolute atomic E-state index is 0.658. The number of aliphatic hydroxyl groups is 1. The van der Waals surface area contributed by atoms with Gasteiger partial charge in [-0.15, -0.1) is 0 Å². The third kappa shape index (κ3) is 3.01. The Balaban J connectivity index is 2.09. The van der Waals surface area contributed by atoms with Crippen molar-refractivity contribution >= 4 is 17.7 Å². The highest BCUT2D eigenvalue weighted by molar-refractivity contribution is 5.89. The van der Waals surface area contributed by atoms with E-state index in [2.05, 4.69) is 4.90 Å². The molecule has 5 nitrogen and oxygen atoms in total. The maximum atomic E-state index is 10.5. The lowest BCUT2D eigenvalue weighted by atomic mass is 10.1. The Labute approximate surface area is 105 Å². The molecule has 0 unspecified atom stereocenters. The number of nitrogens with zero attached hydrogens (tertiary/aromatic N) is 1. The molecule has 2 rings (SSSR count). The number of hydrogen-bond acceptors (Lipinski definition) is 4. The smallest absolute Gasteiger partial charge is 0.370 e. The van der Waals surface area contributed by atoms with Crippen molar-refractivity contribution in [1.82, 2.24) is 0 Å². The van der Waals surface area contributed by atoms with Gasteiger partial charge in [-0.3, -0.25) is 0 Å². The largest absolute Gasteiger partial charge is 0.502 e. The fourth-order valence-electron chi connectivity index (χ4n) is 1.82. The zero-order valence-electron chi connectivity index (χ0n) is 9.87. The molecule has 1 aliphatic heterocycles. The fourth-order valence-corrected chi connectivity index (χ4v) is 1.82. The molecule has 0 saturated carbocycles. The van der Waals surface area contributed by atoms with Crippen LogP contribution in [0.1, 0.15) is 5.56 Å². The Hall–Kier alpha value is -2.01. The lowest BCUT2D eigenvalue weighted by molar-refractivity contribution is -0.135. The number of ether oxygens (including phenoxy) is 1. The molecule has 0 bridgehead atoms. The molecule has 18 heavy (non-hydrogen) atoms. The van der Waals surface area contributed by atoms with Crippen molar-refractivity contribution in [3.8, 4) is 0 Å². The monoisotopic (exact) mass is 249 g/mol. The average Bonchev–Trinajstić information content (AvgIpc) is 2.40. The minimum Gasteiger partial charge on any atom is -0.502 e. The lowest BCUT2D eigenvalue weighted by Gasteiger charge is -2.28. The van der Waals surface area contributed by atoms with Crippen LogP contribution in [-0.2, 0) is 9.53 Å². The number of aliphatic hydroxyl groups excluding tert-OH is 1. The molecular weight excluding hydrogens is 234 g/mol. The van der Waals surface area contributed by atoms with Crippen molar-refractivity contribution < 1.29 is 19.7 Å². The molecule has 0 aromatic heterocycles. The van der Waals surface area contributed by atoms with E-state index < -0.39 is 11.7 Å². The second-order valence-electron chi connectivity index (χ2n) is 4.03. The predicted molar refractivity (Wildman–Crippen MR) is 67.7 cm³/mol. The van der Waals surface area contributed by atoms with Gasteiger partial charge in [0.15, 0.2) is 0 Å². The van der Waals surface area contributed by atoms with Crippen LogP contribution in [0.3, 0.4) is 0 Å². The van der Waals surface area contributed by atoms with Crippen LogP contribution >= 0.6 is 0 Å². The Morgan fingerprint density at radius 3 is 2.33 bits per heavy atom. The number of morpholine rings is 1. The second kappa shape index (κ2) is 5.55. The molecule has 96 valence electrons. The fraction of sp³-hybridized carbons (Fsp3) is 0.308. The van der Waals surface area contributed by atoms with Gasteiger partial charge in [-0.05, 0) is 23.8 Å². The van der Waals surface area contributed by atoms with E-state index in [1.807, 2.05) is 12.1 Å². The molecule has 0 aliphatic carbocycles. The summed E-state index contributed by atoms with van der Waals surface area (Å²) in [5.74, 6) is -1.98. The van der Waals surface area contributed by atoms with Crippen LogP contribution in [0.5, 0.6) is 0 Å². The van der Waals surface area contributed by atoms with E-state index in [-0.39, 0.29) is 0 Å². The minimum atomic E-state index is -1.33. The van der Waals surface area contributed by atoms with Crippen molar-refractivity contribution in [2.45, 2.75) is 0 Å². The van der Waals surface area contributed by atoms with E-state index in [0.717, 1.165) is 32.0 Å². The van der Waals surface area contributed by atoms with Gasteiger partial charge in [0.05, 0.1) is 13.2 Å². The van der Waals surface area contributed by atoms with Gasteiger partial charge in [0.25, 0.3) is 0 Å². The summed E-state index contributed by atoms with van der Waals surface area (Å²) in [6.45, 7) is 3.16. The van der Waals surface area contributed by atoms with Crippen molar-refractivity contribution in [3.63, 3.8) is 0 Å². The quantitative estimate of drug-likeness (QED) is 0.627. The van der Waals surface area contributed by atoms with Crippen LogP contribution in [0.4, 0.5) is 5.69 Å². The van der Waals surface area contributed by atoms with Gasteiger partial charge in [-0.25, -0.2) is 4.79 Å². The van der Waals surface area contributed by atoms with Crippen LogP contribution < -0.4 is 4.90 Å². The second-order valence-corrected chi connectivity index (χ2v) is 4.03. The van der Waals surface area contributed by atoms with Crippen molar-refractivity contribution in [3.05, 3.63) is 35.6 Å². The number of anilines is 1. The van der Waals surface area contributed by atoms with E-state index in [9.17, 15) is 4.79 Å². The topological polar surface area (TPSA) is 70.0 Å². The molecule has 1 aromatic carbocycles. The lowest BCUT2D eigenvalue weighted by Crippen LogP contribution is -2.36. The number of aliphatic carboxylic acids is 1. The summed E-state index contributed by atoms with van der Waals surface area (Å²) in [6.07, 6.45) is 1.23. The number of carboxylic acids is 1. The van der Waals surface area contributed by atoms with E-state index in [1.54, 1.807) is 12.1 Å². The first-order valence-electron chi connectivity index (χ1n) is 5.73. The maximum absolute atomic E-state index is 10.5. The summed E-state index contributed by atoms with van der Waals surface area (Å²) in [5, 5.41) is 17.7. The molecule has 0 atom stereocenters. The number of carboxylic acid groups (broad SMARTS) is 1. The zero-order chi connectivity index (χ0) is 13.0. The molecule has 1 fully saturated rings. The SMILES string of the molecule is O=C(O)/C(O)=C/c1ccc(N2CCOCC2)cc1. The highest BCUT2D eigenvalue weighted by atomic mass is 16.5. The van der Waals surface area contributed by atoms with Gasteiger partial charge in [-0.1, -0.05) is 12.1 Å². The summed E-state index contributed by atoms with van der Waals surface area (Å²) >= 11 is 0. The number of carbonyl (C=O) groups is 1. The van der Waals surface area contributed by atoms with Gasteiger partial charge in [0, 0.05) is 18.8 Å². The average molecular weight is 249 g/mol. The van der Waals surface area contributed by atoms with Crippen LogP contribution in [0, 0.1) is 0 Å². The summed E-state index contributed by atoms with van der Waals surface area (Å²) < 4.78 is 5.27. The summed E-state index contributed by atoms with van der Waals surface area (Å²) in [7, 11) is 0. The van der Waals surface area contributed by atoms with Gasteiger partial charge >= 0.3 is 5.97 Å². The Morgan fingerprint density at radius 1 is 1.17 bits per heavy atom. The molecule has 0 radical (unpaired) electrons. The first-order chi connectivity index (χ1) is 8.66. The van der Waals surface area contributed by atoms with Crippen LogP contribution in [0.25, 0.3) is 6.08 Å². The molecule has 0 amide bonds. The molecule has 1 aliphatic rings. The van der Waals surface area contributed by atoms with Crippen LogP contribution in [0.15, 0.2) is 30.0 Å². The zero-order valence-corrected chi connectivity index (χ0v) is 9.87. The third-order valence-corrected chi connectivity index (χ3v) is 2.79. The molecule has 1 saturated heterocycles. The third-order valence-electron chi connectivity index (χ3n) is 2.79. The molecular formula is C13H15NO4. The van der Waals surface area contributed by atoms with E-state index >= 15 is 0 Å².